The Balaban J connectivity index is 2.36. The zero-order valence-electron chi connectivity index (χ0n) is 11.3. The second-order valence-electron chi connectivity index (χ2n) is 4.24. The van der Waals surface area contributed by atoms with Crippen molar-refractivity contribution in [2.75, 3.05) is 18.8 Å². The predicted molar refractivity (Wildman–Crippen MR) is 82.1 cm³/mol. The first-order valence-corrected chi connectivity index (χ1v) is 7.88. The van der Waals surface area contributed by atoms with E-state index in [2.05, 4.69) is 0 Å². The van der Waals surface area contributed by atoms with Crippen molar-refractivity contribution in [1.29, 1.82) is 0 Å². The molecule has 6 heteroatoms. The number of thioether (sulfide) groups is 1. The molecule has 0 saturated heterocycles. The van der Waals surface area contributed by atoms with Gasteiger partial charge in [0, 0.05) is 23.9 Å². The molecule has 110 valence electrons. The van der Waals surface area contributed by atoms with Gasteiger partial charge in [-0.05, 0) is 24.6 Å². The number of carboxylic acids is 1. The van der Waals surface area contributed by atoms with Gasteiger partial charge < -0.3 is 10.0 Å². The third-order valence-corrected chi connectivity index (χ3v) is 3.94. The highest BCUT2D eigenvalue weighted by atomic mass is 35.5. The topological polar surface area (TPSA) is 57.6 Å². The van der Waals surface area contributed by atoms with Gasteiger partial charge in [-0.25, -0.2) is 0 Å². The SMILES string of the molecule is CCN(CCC(=O)O)C(=O)CSCc1cccc(Cl)c1. The molecule has 0 aliphatic carbocycles. The van der Waals surface area contributed by atoms with Crippen LogP contribution in [-0.4, -0.2) is 40.7 Å². The van der Waals surface area contributed by atoms with Crippen LogP contribution in [0.2, 0.25) is 5.02 Å². The molecule has 0 saturated carbocycles. The monoisotopic (exact) mass is 315 g/mol. The third-order valence-electron chi connectivity index (χ3n) is 2.71. The summed E-state index contributed by atoms with van der Waals surface area (Å²) in [4.78, 5) is 24.0. The van der Waals surface area contributed by atoms with Crippen LogP contribution in [-0.2, 0) is 15.3 Å². The Morgan fingerprint density at radius 1 is 1.40 bits per heavy atom. The molecule has 0 aliphatic rings. The van der Waals surface area contributed by atoms with E-state index in [1.165, 1.54) is 11.8 Å². The second-order valence-corrected chi connectivity index (χ2v) is 5.66. The van der Waals surface area contributed by atoms with Crippen molar-refractivity contribution >= 4 is 35.2 Å². The van der Waals surface area contributed by atoms with Gasteiger partial charge in [0.25, 0.3) is 0 Å². The normalized spacial score (nSPS) is 10.3. The minimum atomic E-state index is -0.886. The van der Waals surface area contributed by atoms with Crippen LogP contribution in [0.1, 0.15) is 18.9 Å². The van der Waals surface area contributed by atoms with Crippen LogP contribution in [0, 0.1) is 0 Å². The van der Waals surface area contributed by atoms with Gasteiger partial charge in [-0.15, -0.1) is 11.8 Å². The third kappa shape index (κ3) is 6.30. The molecular formula is C14H18ClNO3S. The van der Waals surface area contributed by atoms with E-state index in [1.807, 2.05) is 31.2 Å². The van der Waals surface area contributed by atoms with Crippen molar-refractivity contribution in [2.24, 2.45) is 0 Å². The van der Waals surface area contributed by atoms with Gasteiger partial charge in [-0.1, -0.05) is 23.7 Å². The Bertz CT molecular complexity index is 467. The molecule has 0 aromatic heterocycles. The first-order chi connectivity index (χ1) is 9.52. The number of benzene rings is 1. The molecule has 0 bridgehead atoms. The van der Waals surface area contributed by atoms with E-state index >= 15 is 0 Å². The largest absolute Gasteiger partial charge is 0.481 e. The summed E-state index contributed by atoms with van der Waals surface area (Å²) < 4.78 is 0. The number of amides is 1. The van der Waals surface area contributed by atoms with Crippen LogP contribution in [0.4, 0.5) is 0 Å². The fraction of sp³-hybridized carbons (Fsp3) is 0.429. The number of hydrogen-bond acceptors (Lipinski definition) is 3. The summed E-state index contributed by atoms with van der Waals surface area (Å²) in [6.07, 6.45) is -0.0153. The summed E-state index contributed by atoms with van der Waals surface area (Å²) in [5.74, 6) is 0.145. The number of hydrogen-bond donors (Lipinski definition) is 1. The summed E-state index contributed by atoms with van der Waals surface area (Å²) >= 11 is 7.39. The van der Waals surface area contributed by atoms with Crippen molar-refractivity contribution in [3.05, 3.63) is 34.9 Å². The second kappa shape index (κ2) is 8.87. The molecule has 0 atom stereocenters. The lowest BCUT2D eigenvalue weighted by molar-refractivity contribution is -0.138. The molecule has 0 aliphatic heterocycles. The lowest BCUT2D eigenvalue weighted by Gasteiger charge is -2.19. The van der Waals surface area contributed by atoms with E-state index in [4.69, 9.17) is 16.7 Å². The Morgan fingerprint density at radius 2 is 2.15 bits per heavy atom. The number of nitrogens with zero attached hydrogens (tertiary/aromatic N) is 1. The first-order valence-electron chi connectivity index (χ1n) is 6.34. The van der Waals surface area contributed by atoms with Crippen LogP contribution in [0.15, 0.2) is 24.3 Å². The summed E-state index contributed by atoms with van der Waals surface area (Å²) in [5, 5.41) is 9.32. The van der Waals surface area contributed by atoms with E-state index in [0.717, 1.165) is 5.56 Å². The number of halogens is 1. The zero-order chi connectivity index (χ0) is 15.0. The predicted octanol–water partition coefficient (Wildman–Crippen LogP) is 2.90. The summed E-state index contributed by atoms with van der Waals surface area (Å²) in [6, 6.07) is 7.53. The maximum atomic E-state index is 11.9. The van der Waals surface area contributed by atoms with Gasteiger partial charge >= 0.3 is 5.97 Å². The lowest BCUT2D eigenvalue weighted by Crippen LogP contribution is -2.34. The van der Waals surface area contributed by atoms with Crippen molar-refractivity contribution in [2.45, 2.75) is 19.1 Å². The highest BCUT2D eigenvalue weighted by Crippen LogP contribution is 2.17. The van der Waals surface area contributed by atoms with E-state index in [9.17, 15) is 9.59 Å². The Labute approximate surface area is 128 Å². The number of rotatable bonds is 8. The number of carboxylic acid groups (broad SMARTS) is 1. The minimum Gasteiger partial charge on any atom is -0.481 e. The average molecular weight is 316 g/mol. The van der Waals surface area contributed by atoms with Crippen LogP contribution < -0.4 is 0 Å². The van der Waals surface area contributed by atoms with Crippen molar-refractivity contribution in [1.82, 2.24) is 4.90 Å². The number of carbonyl (C=O) groups is 2. The smallest absolute Gasteiger partial charge is 0.305 e. The molecule has 0 unspecified atom stereocenters. The number of carbonyl (C=O) groups excluding carboxylic acids is 1. The van der Waals surface area contributed by atoms with Crippen molar-refractivity contribution in [3.8, 4) is 0 Å². The van der Waals surface area contributed by atoms with Crippen LogP contribution in [0.25, 0.3) is 0 Å². The van der Waals surface area contributed by atoms with Gasteiger partial charge in [0.1, 0.15) is 0 Å². The molecule has 1 N–H and O–H groups in total. The van der Waals surface area contributed by atoms with Gasteiger partial charge in [-0.3, -0.25) is 9.59 Å². The first kappa shape index (κ1) is 16.9. The number of aliphatic carboxylic acids is 1. The molecule has 0 radical (unpaired) electrons. The standard InChI is InChI=1S/C14H18ClNO3S/c1-2-16(7-6-14(18)19)13(17)10-20-9-11-4-3-5-12(15)8-11/h3-5,8H,2,6-7,9-10H2,1H3,(H,18,19). The van der Waals surface area contributed by atoms with E-state index in [1.54, 1.807) is 4.90 Å². The van der Waals surface area contributed by atoms with Gasteiger partial charge in [0.2, 0.25) is 5.91 Å². The zero-order valence-corrected chi connectivity index (χ0v) is 12.9. The van der Waals surface area contributed by atoms with E-state index in [0.29, 0.717) is 23.1 Å². The summed E-state index contributed by atoms with van der Waals surface area (Å²) in [6.45, 7) is 2.65. The van der Waals surface area contributed by atoms with Gasteiger partial charge in [0.05, 0.1) is 12.2 Å². The van der Waals surface area contributed by atoms with Crippen molar-refractivity contribution in [3.63, 3.8) is 0 Å². The molecule has 4 nitrogen and oxygen atoms in total. The summed E-state index contributed by atoms with van der Waals surface area (Å²) in [7, 11) is 0. The highest BCUT2D eigenvalue weighted by molar-refractivity contribution is 7.99. The quantitative estimate of drug-likeness (QED) is 0.801. The Kier molecular flexibility index (Phi) is 7.47. The van der Waals surface area contributed by atoms with Crippen LogP contribution in [0.5, 0.6) is 0 Å². The fourth-order valence-corrected chi connectivity index (χ4v) is 2.75. The van der Waals surface area contributed by atoms with E-state index in [-0.39, 0.29) is 18.9 Å². The van der Waals surface area contributed by atoms with Crippen molar-refractivity contribution < 1.29 is 14.7 Å². The molecular weight excluding hydrogens is 298 g/mol. The molecule has 1 aromatic rings. The Hall–Kier alpha value is -1.20. The maximum Gasteiger partial charge on any atom is 0.305 e. The molecule has 1 aromatic carbocycles. The molecule has 1 rings (SSSR count). The maximum absolute atomic E-state index is 11.9. The molecule has 0 spiro atoms. The van der Waals surface area contributed by atoms with Crippen LogP contribution in [0.3, 0.4) is 0 Å². The molecule has 20 heavy (non-hydrogen) atoms. The lowest BCUT2D eigenvalue weighted by atomic mass is 10.2. The molecule has 0 heterocycles. The molecule has 1 amide bonds. The minimum absolute atomic E-state index is 0.0153. The fourth-order valence-electron chi connectivity index (χ4n) is 1.66. The summed E-state index contributed by atoms with van der Waals surface area (Å²) in [5.41, 5.74) is 1.07. The van der Waals surface area contributed by atoms with Gasteiger partial charge in [-0.2, -0.15) is 0 Å². The van der Waals surface area contributed by atoms with E-state index < -0.39 is 5.97 Å². The Morgan fingerprint density at radius 3 is 2.75 bits per heavy atom. The highest BCUT2D eigenvalue weighted by Gasteiger charge is 2.12. The average Bonchev–Trinajstić information content (AvgIpc) is 2.39. The van der Waals surface area contributed by atoms with Gasteiger partial charge in [0.15, 0.2) is 0 Å². The molecule has 0 fully saturated rings. The van der Waals surface area contributed by atoms with Crippen LogP contribution >= 0.6 is 23.4 Å².